The first-order chi connectivity index (χ1) is 3.50. The van der Waals surface area contributed by atoms with Crippen LogP contribution in [-0.2, 0) is 0 Å². The molecule has 0 aromatic rings. The van der Waals surface area contributed by atoms with E-state index in [9.17, 15) is 0 Å². The molecule has 0 N–H and O–H groups in total. The first-order valence-electron chi connectivity index (χ1n) is 2.16. The van der Waals surface area contributed by atoms with Gasteiger partial charge in [0.05, 0.1) is 17.9 Å². The highest BCUT2D eigenvalue weighted by Gasteiger charge is 1.74. The maximum absolute atomic E-state index is 2.80. The highest BCUT2D eigenvalue weighted by molar-refractivity contribution is 5.16. The van der Waals surface area contributed by atoms with Crippen LogP contribution in [0.3, 0.4) is 0 Å². The minimum Gasteiger partial charge on any atom is 0.00782 e. The zero-order chi connectivity index (χ0) is 4.95. The van der Waals surface area contributed by atoms with Gasteiger partial charge in [-0.15, -0.1) is 0 Å². The van der Waals surface area contributed by atoms with Gasteiger partial charge in [0.15, 0.2) is 0 Å². The predicted molar refractivity (Wildman–Crippen MR) is 29.6 cm³/mol. The average Bonchev–Trinajstić information content (AvgIpc) is 1.90. The quantitative estimate of drug-likeness (QED) is 0.312. The lowest BCUT2D eigenvalue weighted by atomic mass is 10.5. The van der Waals surface area contributed by atoms with E-state index >= 15 is 0 Å². The van der Waals surface area contributed by atoms with Crippen LogP contribution in [-0.4, -0.2) is 0 Å². The van der Waals surface area contributed by atoms with Gasteiger partial charge in [-0.25, -0.2) is 0 Å². The minimum atomic E-state index is 1.82. The molecule has 1 rings (SSSR count). The lowest BCUT2D eigenvalue weighted by Crippen LogP contribution is -1.40. The number of allylic oxidation sites excluding steroid dienone is 5. The molecule has 0 fully saturated rings. The van der Waals surface area contributed by atoms with E-state index in [1.807, 2.05) is 30.4 Å². The van der Waals surface area contributed by atoms with Crippen LogP contribution in [0.15, 0.2) is 36.1 Å². The standard InChI is InChI=1S/C7H5/c1-2-4-6-7-5-3-1/h1-5H/q+1. The Kier molecular flexibility index (Phi) is 1.25. The van der Waals surface area contributed by atoms with Gasteiger partial charge >= 0.3 is 0 Å². The first-order valence-corrected chi connectivity index (χ1v) is 2.16. The van der Waals surface area contributed by atoms with Crippen molar-refractivity contribution in [1.82, 2.24) is 0 Å². The van der Waals surface area contributed by atoms with Crippen molar-refractivity contribution in [1.29, 1.82) is 0 Å². The molecule has 0 spiro atoms. The van der Waals surface area contributed by atoms with E-state index in [0.717, 1.165) is 0 Å². The summed E-state index contributed by atoms with van der Waals surface area (Å²) in [5, 5.41) is 0. The van der Waals surface area contributed by atoms with Crippen molar-refractivity contribution >= 4 is 0 Å². The summed E-state index contributed by atoms with van der Waals surface area (Å²) in [6.07, 6.45) is 12.2. The molecule has 0 aliphatic heterocycles. The molecule has 0 aromatic carbocycles. The van der Waals surface area contributed by atoms with Gasteiger partial charge in [-0.2, -0.15) is 0 Å². The third kappa shape index (κ3) is 1.19. The second-order valence-electron chi connectivity index (χ2n) is 1.20. The van der Waals surface area contributed by atoms with Gasteiger partial charge in [-0.3, -0.25) is 0 Å². The Hall–Kier alpha value is -1.09. The molecule has 0 nitrogen and oxygen atoms in total. The second kappa shape index (κ2) is 2.15. The summed E-state index contributed by atoms with van der Waals surface area (Å²) >= 11 is 0. The van der Waals surface area contributed by atoms with Crippen molar-refractivity contribution in [2.75, 3.05) is 0 Å². The van der Waals surface area contributed by atoms with Gasteiger partial charge < -0.3 is 0 Å². The molecule has 0 bridgehead atoms. The lowest BCUT2D eigenvalue weighted by Gasteiger charge is -1.51. The molecule has 0 atom stereocenters. The Labute approximate surface area is 43.2 Å². The molecule has 1 aliphatic carbocycles. The van der Waals surface area contributed by atoms with E-state index in [0.29, 0.717) is 0 Å². The maximum Gasteiger partial charge on any atom is 0.111 e. The first kappa shape index (κ1) is 4.08. The summed E-state index contributed by atoms with van der Waals surface area (Å²) in [4.78, 5) is 0. The Balaban J connectivity index is 2.86. The smallest absolute Gasteiger partial charge is 0.00782 e. The van der Waals surface area contributed by atoms with Crippen molar-refractivity contribution in [3.05, 3.63) is 42.2 Å². The fraction of sp³-hybridized carbons (Fsp3) is 0. The minimum absolute atomic E-state index is 1.82. The van der Waals surface area contributed by atoms with E-state index in [1.54, 1.807) is 0 Å². The van der Waals surface area contributed by atoms with E-state index < -0.39 is 0 Å². The molecule has 7 heavy (non-hydrogen) atoms. The second-order valence-corrected chi connectivity index (χ2v) is 1.20. The van der Waals surface area contributed by atoms with E-state index in [-0.39, 0.29) is 0 Å². The molecular formula is C7H5+. The SMILES string of the molecule is C1=[C+]C=CC=CC=1. The van der Waals surface area contributed by atoms with Crippen LogP contribution in [0.1, 0.15) is 0 Å². The number of hydrogen-bond acceptors (Lipinski definition) is 0. The average molecular weight is 89.1 g/mol. The van der Waals surface area contributed by atoms with Gasteiger partial charge in [-0.1, -0.05) is 0 Å². The topological polar surface area (TPSA) is 0 Å². The predicted octanol–water partition coefficient (Wildman–Crippen LogP) is 1.63. The zero-order valence-corrected chi connectivity index (χ0v) is 3.89. The summed E-state index contributed by atoms with van der Waals surface area (Å²) in [5.74, 6) is 0. The van der Waals surface area contributed by atoms with E-state index in [2.05, 4.69) is 11.8 Å². The maximum atomic E-state index is 2.80. The van der Waals surface area contributed by atoms with Crippen LogP contribution in [0.2, 0.25) is 0 Å². The molecule has 0 saturated carbocycles. The molecule has 0 unspecified atom stereocenters. The van der Waals surface area contributed by atoms with Crippen LogP contribution in [0.5, 0.6) is 0 Å². The summed E-state index contributed by atoms with van der Waals surface area (Å²) in [6, 6.07) is 0. The lowest BCUT2D eigenvalue weighted by molar-refractivity contribution is 1.92. The monoisotopic (exact) mass is 89.0 g/mol. The van der Waals surface area contributed by atoms with Crippen molar-refractivity contribution in [3.63, 3.8) is 0 Å². The van der Waals surface area contributed by atoms with Gasteiger partial charge in [0.1, 0.15) is 6.08 Å². The molecule has 32 valence electrons. The summed E-state index contributed by atoms with van der Waals surface area (Å²) in [6.45, 7) is 0. The van der Waals surface area contributed by atoms with Gasteiger partial charge in [0.25, 0.3) is 0 Å². The molecule has 0 amide bonds. The van der Waals surface area contributed by atoms with Crippen LogP contribution in [0.4, 0.5) is 0 Å². The van der Waals surface area contributed by atoms with Gasteiger partial charge in [-0.05, 0) is 0 Å². The van der Waals surface area contributed by atoms with Crippen LogP contribution in [0, 0.1) is 6.08 Å². The molecule has 1 aliphatic rings. The van der Waals surface area contributed by atoms with Crippen LogP contribution in [0.25, 0.3) is 0 Å². The molecule has 0 heteroatoms. The molecule has 0 aromatic heterocycles. The van der Waals surface area contributed by atoms with Crippen LogP contribution >= 0.6 is 0 Å². The van der Waals surface area contributed by atoms with Gasteiger partial charge in [0.2, 0.25) is 0 Å². The summed E-state index contributed by atoms with van der Waals surface area (Å²) in [7, 11) is 0. The Morgan fingerprint density at radius 2 is 2.14 bits per heavy atom. The fourth-order valence-corrected chi connectivity index (χ4v) is 0.368. The van der Waals surface area contributed by atoms with Crippen LogP contribution < -0.4 is 0 Å². The zero-order valence-electron chi connectivity index (χ0n) is 3.89. The summed E-state index contributed by atoms with van der Waals surface area (Å²) < 4.78 is 0. The fourth-order valence-electron chi connectivity index (χ4n) is 0.368. The molecule has 0 saturated heterocycles. The third-order valence-corrected chi connectivity index (χ3v) is 0.665. The van der Waals surface area contributed by atoms with Crippen molar-refractivity contribution in [3.8, 4) is 0 Å². The van der Waals surface area contributed by atoms with Gasteiger partial charge in [0, 0.05) is 18.2 Å². The Morgan fingerprint density at radius 1 is 1.14 bits per heavy atom. The number of rotatable bonds is 0. The largest absolute Gasteiger partial charge is 0.111 e. The molecule has 0 radical (unpaired) electrons. The Bertz CT molecular complexity index is 137. The van der Waals surface area contributed by atoms with Crippen molar-refractivity contribution < 1.29 is 0 Å². The van der Waals surface area contributed by atoms with Crippen molar-refractivity contribution in [2.45, 2.75) is 0 Å². The highest BCUT2D eigenvalue weighted by Crippen LogP contribution is 1.82. The summed E-state index contributed by atoms with van der Waals surface area (Å²) in [5.41, 5.74) is 2.80. The third-order valence-electron chi connectivity index (χ3n) is 0.665. The molecule has 0 heterocycles. The van der Waals surface area contributed by atoms with E-state index in [1.165, 1.54) is 0 Å². The normalized spacial score (nSPS) is 13.7. The van der Waals surface area contributed by atoms with E-state index in [4.69, 9.17) is 0 Å². The Morgan fingerprint density at radius 3 is 3.14 bits per heavy atom. The highest BCUT2D eigenvalue weighted by atomic mass is 13.7. The van der Waals surface area contributed by atoms with Crippen molar-refractivity contribution in [2.24, 2.45) is 0 Å². The molecular weight excluding hydrogens is 84.1 g/mol. The number of hydrogen-bond donors (Lipinski definition) is 0.